The number of anilines is 1. The maximum Gasteiger partial charge on any atom is 0.254 e. The highest BCUT2D eigenvalue weighted by Gasteiger charge is 2.36. The lowest BCUT2D eigenvalue weighted by Crippen LogP contribution is -2.30. The Kier molecular flexibility index (Phi) is 4.77. The number of methoxy groups -OCH3 is 2. The Morgan fingerprint density at radius 1 is 1.40 bits per heavy atom. The number of hydrogen-bond donors (Lipinski definition) is 2. The molecule has 1 aromatic rings. The summed E-state index contributed by atoms with van der Waals surface area (Å²) in [4.78, 5) is 18.0. The van der Waals surface area contributed by atoms with E-state index >= 15 is 0 Å². The average molecular weight is 301 g/mol. The summed E-state index contributed by atoms with van der Waals surface area (Å²) in [7, 11) is 3.20. The normalized spacial score (nSPS) is 22.1. The summed E-state index contributed by atoms with van der Waals surface area (Å²) in [6, 6.07) is 3.06. The van der Waals surface area contributed by atoms with Crippen molar-refractivity contribution in [1.29, 1.82) is 0 Å². The molecule has 1 aliphatic rings. The van der Waals surface area contributed by atoms with Gasteiger partial charge in [0.15, 0.2) is 0 Å². The first kappa shape index (κ1) is 15.0. The van der Waals surface area contributed by atoms with E-state index in [1.807, 2.05) is 0 Å². The monoisotopic (exact) mass is 300 g/mol. The zero-order chi connectivity index (χ0) is 14.7. The van der Waals surface area contributed by atoms with Crippen molar-refractivity contribution in [2.24, 2.45) is 5.84 Å². The number of likely N-dealkylation sites (tertiary alicyclic amines) is 1. The maximum absolute atomic E-state index is 12.5. The summed E-state index contributed by atoms with van der Waals surface area (Å²) < 4.78 is 10.6. The van der Waals surface area contributed by atoms with Gasteiger partial charge >= 0.3 is 0 Å². The molecule has 0 saturated carbocycles. The van der Waals surface area contributed by atoms with Crippen molar-refractivity contribution in [1.82, 2.24) is 9.88 Å². The number of nitrogen functional groups attached to an aromatic ring is 1. The summed E-state index contributed by atoms with van der Waals surface area (Å²) >= 11 is 5.86. The molecule has 110 valence electrons. The number of hydrogen-bond acceptors (Lipinski definition) is 6. The van der Waals surface area contributed by atoms with Gasteiger partial charge in [0, 0.05) is 32.9 Å². The van der Waals surface area contributed by atoms with Gasteiger partial charge in [0.2, 0.25) is 0 Å². The second-order valence-corrected chi connectivity index (χ2v) is 4.85. The fourth-order valence-corrected chi connectivity index (χ4v) is 2.45. The molecule has 1 amide bonds. The number of rotatable bonds is 4. The smallest absolute Gasteiger partial charge is 0.254 e. The fourth-order valence-electron chi connectivity index (χ4n) is 2.24. The molecule has 1 aliphatic heterocycles. The van der Waals surface area contributed by atoms with Gasteiger partial charge in [0.25, 0.3) is 5.91 Å². The Labute approximate surface area is 122 Å². The maximum atomic E-state index is 12.5. The zero-order valence-corrected chi connectivity index (χ0v) is 12.1. The van der Waals surface area contributed by atoms with E-state index in [0.29, 0.717) is 24.5 Å². The van der Waals surface area contributed by atoms with Gasteiger partial charge in [-0.15, -0.1) is 0 Å². The lowest BCUT2D eigenvalue weighted by Gasteiger charge is -2.16. The molecule has 7 nitrogen and oxygen atoms in total. The van der Waals surface area contributed by atoms with Crippen LogP contribution in [0.4, 0.5) is 5.82 Å². The molecule has 0 spiro atoms. The summed E-state index contributed by atoms with van der Waals surface area (Å²) in [5.74, 6) is 5.47. The Bertz CT molecular complexity index is 488. The van der Waals surface area contributed by atoms with Crippen molar-refractivity contribution in [3.8, 4) is 0 Å². The molecular formula is C12H17ClN4O3. The van der Waals surface area contributed by atoms with Gasteiger partial charge in [0.1, 0.15) is 23.2 Å². The summed E-state index contributed by atoms with van der Waals surface area (Å²) in [6.07, 6.45) is -0.262. The van der Waals surface area contributed by atoms with Crippen LogP contribution < -0.4 is 11.3 Å². The van der Waals surface area contributed by atoms with E-state index in [1.165, 1.54) is 6.07 Å². The van der Waals surface area contributed by atoms with E-state index in [2.05, 4.69) is 10.4 Å². The SMILES string of the molecule is COC1CN(C(=O)c2cc(Cl)nc(NN)c2)CC1OC. The van der Waals surface area contributed by atoms with Gasteiger partial charge in [-0.05, 0) is 12.1 Å². The first-order chi connectivity index (χ1) is 9.58. The van der Waals surface area contributed by atoms with E-state index in [9.17, 15) is 4.79 Å². The van der Waals surface area contributed by atoms with Crippen LogP contribution in [0.3, 0.4) is 0 Å². The van der Waals surface area contributed by atoms with Crippen LogP contribution in [0.5, 0.6) is 0 Å². The van der Waals surface area contributed by atoms with E-state index in [1.54, 1.807) is 25.2 Å². The van der Waals surface area contributed by atoms with Crippen LogP contribution in [0.15, 0.2) is 12.1 Å². The average Bonchev–Trinajstić information content (AvgIpc) is 2.88. The van der Waals surface area contributed by atoms with Crippen LogP contribution >= 0.6 is 11.6 Å². The Hall–Kier alpha value is -1.41. The van der Waals surface area contributed by atoms with E-state index in [0.717, 1.165) is 0 Å². The third kappa shape index (κ3) is 3.01. The Morgan fingerprint density at radius 3 is 2.50 bits per heavy atom. The third-order valence-electron chi connectivity index (χ3n) is 3.30. The summed E-state index contributed by atoms with van der Waals surface area (Å²) in [6.45, 7) is 0.943. The van der Waals surface area contributed by atoms with Gasteiger partial charge in [0.05, 0.1) is 0 Å². The Balaban J connectivity index is 2.18. The lowest BCUT2D eigenvalue weighted by molar-refractivity contribution is -0.00461. The van der Waals surface area contributed by atoms with Crippen LogP contribution in [0.1, 0.15) is 10.4 Å². The molecule has 20 heavy (non-hydrogen) atoms. The molecule has 1 fully saturated rings. The van der Waals surface area contributed by atoms with E-state index in [-0.39, 0.29) is 23.3 Å². The van der Waals surface area contributed by atoms with Crippen molar-refractivity contribution in [2.45, 2.75) is 12.2 Å². The molecule has 1 aromatic heterocycles. The minimum absolute atomic E-state index is 0.131. The molecule has 0 aliphatic carbocycles. The number of carbonyl (C=O) groups excluding carboxylic acids is 1. The molecule has 2 atom stereocenters. The quantitative estimate of drug-likeness (QED) is 0.478. The predicted molar refractivity (Wildman–Crippen MR) is 74.6 cm³/mol. The fraction of sp³-hybridized carbons (Fsp3) is 0.500. The van der Waals surface area contributed by atoms with Crippen LogP contribution in [0.25, 0.3) is 0 Å². The molecule has 2 heterocycles. The molecule has 0 radical (unpaired) electrons. The number of nitrogens with one attached hydrogen (secondary N) is 1. The van der Waals surface area contributed by atoms with Crippen molar-refractivity contribution in [3.63, 3.8) is 0 Å². The van der Waals surface area contributed by atoms with Crippen LogP contribution in [0.2, 0.25) is 5.15 Å². The second-order valence-electron chi connectivity index (χ2n) is 4.47. The van der Waals surface area contributed by atoms with Crippen molar-refractivity contribution < 1.29 is 14.3 Å². The minimum atomic E-state index is -0.160. The van der Waals surface area contributed by atoms with Gasteiger partial charge in [-0.1, -0.05) is 11.6 Å². The number of pyridine rings is 1. The number of hydrazine groups is 1. The predicted octanol–water partition coefficient (Wildman–Crippen LogP) is 0.506. The minimum Gasteiger partial charge on any atom is -0.377 e. The molecular weight excluding hydrogens is 284 g/mol. The molecule has 0 aromatic carbocycles. The molecule has 2 unspecified atom stereocenters. The van der Waals surface area contributed by atoms with E-state index in [4.69, 9.17) is 26.9 Å². The van der Waals surface area contributed by atoms with Crippen LogP contribution in [-0.2, 0) is 9.47 Å². The molecule has 2 rings (SSSR count). The number of nitrogens with zero attached hydrogens (tertiary/aromatic N) is 2. The van der Waals surface area contributed by atoms with Gasteiger partial charge in [-0.25, -0.2) is 10.8 Å². The third-order valence-corrected chi connectivity index (χ3v) is 3.49. The molecule has 0 bridgehead atoms. The molecule has 8 heteroatoms. The van der Waals surface area contributed by atoms with Gasteiger partial charge < -0.3 is 19.8 Å². The molecule has 1 saturated heterocycles. The highest BCUT2D eigenvalue weighted by Crippen LogP contribution is 2.21. The van der Waals surface area contributed by atoms with E-state index < -0.39 is 0 Å². The highest BCUT2D eigenvalue weighted by atomic mass is 35.5. The number of ether oxygens (including phenoxy) is 2. The number of carbonyl (C=O) groups is 1. The van der Waals surface area contributed by atoms with Crippen molar-refractivity contribution in [3.05, 3.63) is 22.8 Å². The largest absolute Gasteiger partial charge is 0.377 e. The van der Waals surface area contributed by atoms with Gasteiger partial charge in [-0.3, -0.25) is 4.79 Å². The number of halogens is 1. The highest BCUT2D eigenvalue weighted by molar-refractivity contribution is 6.29. The van der Waals surface area contributed by atoms with Crippen LogP contribution in [-0.4, -0.2) is 55.3 Å². The van der Waals surface area contributed by atoms with Crippen LogP contribution in [0, 0.1) is 0 Å². The standard InChI is InChI=1S/C12H17ClN4O3/c1-19-8-5-17(6-9(8)20-2)12(18)7-3-10(13)15-11(4-7)16-14/h3-4,8-9H,5-6,14H2,1-2H3,(H,15,16). The van der Waals surface area contributed by atoms with Crippen molar-refractivity contribution >= 4 is 23.3 Å². The first-order valence-corrected chi connectivity index (χ1v) is 6.46. The lowest BCUT2D eigenvalue weighted by atomic mass is 10.2. The summed E-state index contributed by atoms with van der Waals surface area (Å²) in [5, 5.41) is 0.203. The number of amides is 1. The number of nitrogens with two attached hydrogens (primary N) is 1. The van der Waals surface area contributed by atoms with Crippen molar-refractivity contribution in [2.75, 3.05) is 32.7 Å². The Morgan fingerprint density at radius 2 is 2.00 bits per heavy atom. The number of aromatic nitrogens is 1. The second kappa shape index (κ2) is 6.36. The topological polar surface area (TPSA) is 89.7 Å². The molecule has 3 N–H and O–H groups in total. The first-order valence-electron chi connectivity index (χ1n) is 6.08. The zero-order valence-electron chi connectivity index (χ0n) is 11.3. The van der Waals surface area contributed by atoms with Gasteiger partial charge in [-0.2, -0.15) is 0 Å². The summed E-state index contributed by atoms with van der Waals surface area (Å²) in [5.41, 5.74) is 2.80.